The zero-order chi connectivity index (χ0) is 19.3. The van der Waals surface area contributed by atoms with Crippen molar-refractivity contribution in [3.05, 3.63) is 29.3 Å². The molecule has 1 aliphatic rings. The van der Waals surface area contributed by atoms with Crippen LogP contribution in [0, 0.1) is 17.6 Å². The van der Waals surface area contributed by atoms with E-state index < -0.39 is 23.3 Å². The summed E-state index contributed by atoms with van der Waals surface area (Å²) >= 11 is 0. The lowest BCUT2D eigenvalue weighted by Gasteiger charge is -2.21. The number of halogens is 2. The molecular formula is C19H28F2N2O3. The minimum atomic E-state index is -0.905. The first-order valence-electron chi connectivity index (χ1n) is 8.98. The first-order chi connectivity index (χ1) is 12.2. The number of amides is 1. The molecule has 1 aromatic carbocycles. The van der Waals surface area contributed by atoms with Gasteiger partial charge in [-0.15, -0.1) is 0 Å². The molecule has 5 nitrogen and oxygen atoms in total. The second-order valence-electron chi connectivity index (χ2n) is 7.58. The molecule has 0 radical (unpaired) electrons. The summed E-state index contributed by atoms with van der Waals surface area (Å²) in [5.74, 6) is -1.10. The van der Waals surface area contributed by atoms with Crippen molar-refractivity contribution >= 4 is 6.09 Å². The number of alkyl carbamates (subject to hydrolysis) is 1. The highest BCUT2D eigenvalue weighted by atomic mass is 19.2. The van der Waals surface area contributed by atoms with Crippen molar-refractivity contribution in [2.75, 3.05) is 26.2 Å². The van der Waals surface area contributed by atoms with Gasteiger partial charge in [-0.3, -0.25) is 4.90 Å². The van der Waals surface area contributed by atoms with Crippen molar-refractivity contribution in [1.29, 1.82) is 0 Å². The second kappa shape index (κ2) is 8.66. The van der Waals surface area contributed by atoms with Gasteiger partial charge in [0.25, 0.3) is 0 Å². The van der Waals surface area contributed by atoms with Crippen LogP contribution in [0.5, 0.6) is 5.75 Å². The molecule has 1 fully saturated rings. The minimum Gasteiger partial charge on any atom is -0.493 e. The number of nitrogens with zero attached hydrogens (tertiary/aromatic N) is 1. The van der Waals surface area contributed by atoms with Crippen LogP contribution in [0.4, 0.5) is 13.6 Å². The Hall–Kier alpha value is -1.89. The molecule has 26 heavy (non-hydrogen) atoms. The van der Waals surface area contributed by atoms with Gasteiger partial charge in [-0.1, -0.05) is 0 Å². The van der Waals surface area contributed by atoms with Gasteiger partial charge in [0.15, 0.2) is 11.6 Å². The molecule has 1 atom stereocenters. The van der Waals surface area contributed by atoms with E-state index >= 15 is 0 Å². The Labute approximate surface area is 153 Å². The Morgan fingerprint density at radius 3 is 2.65 bits per heavy atom. The van der Waals surface area contributed by atoms with E-state index in [9.17, 15) is 13.6 Å². The SMILES string of the molecule is CCOc1cc(F)c(F)cc1CN1CC[C@H](CNC(=O)OC(C)(C)C)C1. The molecule has 0 aliphatic carbocycles. The van der Waals surface area contributed by atoms with Crippen molar-refractivity contribution < 1.29 is 23.0 Å². The Bertz CT molecular complexity index is 632. The average molecular weight is 370 g/mol. The minimum absolute atomic E-state index is 0.295. The van der Waals surface area contributed by atoms with Crippen molar-refractivity contribution in [3.63, 3.8) is 0 Å². The second-order valence-corrected chi connectivity index (χ2v) is 7.58. The molecule has 0 saturated carbocycles. The van der Waals surface area contributed by atoms with Gasteiger partial charge in [-0.25, -0.2) is 13.6 Å². The molecule has 1 heterocycles. The zero-order valence-corrected chi connectivity index (χ0v) is 15.9. The quantitative estimate of drug-likeness (QED) is 0.829. The maximum absolute atomic E-state index is 13.6. The fourth-order valence-electron chi connectivity index (χ4n) is 2.99. The number of carbonyl (C=O) groups excluding carboxylic acids is 1. The Morgan fingerprint density at radius 1 is 1.31 bits per heavy atom. The van der Waals surface area contributed by atoms with E-state index in [0.29, 0.717) is 36.9 Å². The Kier molecular flexibility index (Phi) is 6.81. The lowest BCUT2D eigenvalue weighted by Crippen LogP contribution is -2.36. The standard InChI is InChI=1S/C19H28F2N2O3/c1-5-25-17-9-16(21)15(20)8-14(17)12-23-7-6-13(11-23)10-22-18(24)26-19(2,3)4/h8-9,13H,5-7,10-12H2,1-4H3,(H,22,24)/t13-/m1/s1. The van der Waals surface area contributed by atoms with Crippen molar-refractivity contribution in [2.45, 2.75) is 46.3 Å². The van der Waals surface area contributed by atoms with Gasteiger partial charge in [-0.2, -0.15) is 0 Å². The molecule has 1 saturated heterocycles. The highest BCUT2D eigenvalue weighted by molar-refractivity contribution is 5.67. The fraction of sp³-hybridized carbons (Fsp3) is 0.632. The first kappa shape index (κ1) is 20.4. The Balaban J connectivity index is 1.88. The summed E-state index contributed by atoms with van der Waals surface area (Å²) in [6.45, 7) is 10.3. The van der Waals surface area contributed by atoms with E-state index in [0.717, 1.165) is 25.6 Å². The monoisotopic (exact) mass is 370 g/mol. The van der Waals surface area contributed by atoms with Crippen LogP contribution < -0.4 is 10.1 Å². The topological polar surface area (TPSA) is 50.8 Å². The van der Waals surface area contributed by atoms with Crippen LogP contribution in [0.3, 0.4) is 0 Å². The maximum atomic E-state index is 13.6. The molecule has 146 valence electrons. The van der Waals surface area contributed by atoms with Crippen LogP contribution in [0.25, 0.3) is 0 Å². The number of likely N-dealkylation sites (tertiary alicyclic amines) is 1. The number of rotatable bonds is 6. The average Bonchev–Trinajstić information content (AvgIpc) is 2.96. The fourth-order valence-corrected chi connectivity index (χ4v) is 2.99. The van der Waals surface area contributed by atoms with Crippen LogP contribution in [-0.2, 0) is 11.3 Å². The summed E-state index contributed by atoms with van der Waals surface area (Å²) in [4.78, 5) is 13.9. The number of ether oxygens (including phenoxy) is 2. The van der Waals surface area contributed by atoms with Crippen LogP contribution in [0.15, 0.2) is 12.1 Å². The molecular weight excluding hydrogens is 342 g/mol. The third-order valence-electron chi connectivity index (χ3n) is 4.10. The first-order valence-corrected chi connectivity index (χ1v) is 8.98. The lowest BCUT2D eigenvalue weighted by molar-refractivity contribution is 0.0519. The molecule has 7 heteroatoms. The molecule has 1 aliphatic heterocycles. The van der Waals surface area contributed by atoms with E-state index in [-0.39, 0.29) is 0 Å². The number of hydrogen-bond acceptors (Lipinski definition) is 4. The highest BCUT2D eigenvalue weighted by Gasteiger charge is 2.25. The van der Waals surface area contributed by atoms with Gasteiger partial charge in [-0.05, 0) is 52.6 Å². The van der Waals surface area contributed by atoms with Crippen molar-refractivity contribution in [2.24, 2.45) is 5.92 Å². The van der Waals surface area contributed by atoms with Crippen LogP contribution in [0.1, 0.15) is 39.7 Å². The number of benzene rings is 1. The Morgan fingerprint density at radius 2 is 2.00 bits per heavy atom. The van der Waals surface area contributed by atoms with Gasteiger partial charge >= 0.3 is 6.09 Å². The smallest absolute Gasteiger partial charge is 0.407 e. The molecule has 0 aromatic heterocycles. The summed E-state index contributed by atoms with van der Waals surface area (Å²) < 4.78 is 37.7. The van der Waals surface area contributed by atoms with Crippen molar-refractivity contribution in [3.8, 4) is 5.75 Å². The summed E-state index contributed by atoms with van der Waals surface area (Å²) in [7, 11) is 0. The predicted octanol–water partition coefficient (Wildman–Crippen LogP) is 3.71. The molecule has 0 spiro atoms. The molecule has 1 aromatic rings. The normalized spacial score (nSPS) is 18.0. The summed E-state index contributed by atoms with van der Waals surface area (Å²) in [6.07, 6.45) is 0.499. The number of hydrogen-bond donors (Lipinski definition) is 1. The highest BCUT2D eigenvalue weighted by Crippen LogP contribution is 2.26. The van der Waals surface area contributed by atoms with Crippen molar-refractivity contribution in [1.82, 2.24) is 10.2 Å². The summed E-state index contributed by atoms with van der Waals surface area (Å²) in [5, 5.41) is 2.79. The summed E-state index contributed by atoms with van der Waals surface area (Å²) in [6, 6.07) is 2.30. The van der Waals surface area contributed by atoms with Crippen LogP contribution in [0.2, 0.25) is 0 Å². The maximum Gasteiger partial charge on any atom is 0.407 e. The molecule has 1 amide bonds. The molecule has 0 bridgehead atoms. The van der Waals surface area contributed by atoms with Gasteiger partial charge in [0.1, 0.15) is 11.4 Å². The van der Waals surface area contributed by atoms with Gasteiger partial charge in [0.05, 0.1) is 6.61 Å². The van der Waals surface area contributed by atoms with E-state index in [1.165, 1.54) is 6.07 Å². The van der Waals surface area contributed by atoms with E-state index in [1.54, 1.807) is 6.92 Å². The third kappa shape index (κ3) is 6.12. The van der Waals surface area contributed by atoms with E-state index in [2.05, 4.69) is 10.2 Å². The van der Waals surface area contributed by atoms with Crippen LogP contribution in [-0.4, -0.2) is 42.8 Å². The number of nitrogens with one attached hydrogen (secondary N) is 1. The van der Waals surface area contributed by atoms with Gasteiger partial charge in [0.2, 0.25) is 0 Å². The number of carbonyl (C=O) groups is 1. The van der Waals surface area contributed by atoms with E-state index in [1.807, 2.05) is 20.8 Å². The molecule has 0 unspecified atom stereocenters. The van der Waals surface area contributed by atoms with E-state index in [4.69, 9.17) is 9.47 Å². The lowest BCUT2D eigenvalue weighted by atomic mass is 10.1. The van der Waals surface area contributed by atoms with Gasteiger partial charge in [0, 0.05) is 31.3 Å². The van der Waals surface area contributed by atoms with Crippen LogP contribution >= 0.6 is 0 Å². The third-order valence-corrected chi connectivity index (χ3v) is 4.10. The molecule has 2 rings (SSSR count). The predicted molar refractivity (Wildman–Crippen MR) is 95.1 cm³/mol. The van der Waals surface area contributed by atoms with Gasteiger partial charge < -0.3 is 14.8 Å². The summed E-state index contributed by atoms with van der Waals surface area (Å²) in [5.41, 5.74) is 0.111. The largest absolute Gasteiger partial charge is 0.493 e. The molecule has 1 N–H and O–H groups in total. The zero-order valence-electron chi connectivity index (χ0n) is 15.9.